The van der Waals surface area contributed by atoms with Crippen LogP contribution < -0.4 is 10.9 Å². The summed E-state index contributed by atoms with van der Waals surface area (Å²) < 4.78 is 15.6. The number of carboxylic acid groups (broad SMARTS) is 1. The number of carbonyl (C=O) groups excluding carboxylic acids is 2. The van der Waals surface area contributed by atoms with Gasteiger partial charge in [-0.15, -0.1) is 0 Å². The number of imidazole rings is 1. The molecular weight excluding hydrogens is 537 g/mol. The number of likely N-dealkylation sites (tertiary alicyclic amines) is 1. The van der Waals surface area contributed by atoms with Gasteiger partial charge in [-0.05, 0) is 113 Å². The van der Waals surface area contributed by atoms with Gasteiger partial charge in [0.2, 0.25) is 11.5 Å². The zero-order chi connectivity index (χ0) is 29.8. The molecule has 0 atom stereocenters. The minimum absolute atomic E-state index is 0.0321. The fourth-order valence-corrected chi connectivity index (χ4v) is 6.33. The minimum atomic E-state index is -0.732. The van der Waals surface area contributed by atoms with Crippen LogP contribution in [0.15, 0.2) is 47.5 Å². The summed E-state index contributed by atoms with van der Waals surface area (Å²) in [7, 11) is 0. The second-order valence-corrected chi connectivity index (χ2v) is 12.1. The highest BCUT2D eigenvalue weighted by atomic mass is 19.1. The van der Waals surface area contributed by atoms with Crippen LogP contribution >= 0.6 is 0 Å². The van der Waals surface area contributed by atoms with Crippen molar-refractivity contribution in [2.75, 3.05) is 13.1 Å². The van der Waals surface area contributed by atoms with Gasteiger partial charge in [-0.25, -0.2) is 4.39 Å². The molecule has 224 valence electrons. The van der Waals surface area contributed by atoms with Gasteiger partial charge in [0.15, 0.2) is 0 Å². The molecule has 1 aliphatic carbocycles. The lowest BCUT2D eigenvalue weighted by Gasteiger charge is -2.31. The highest BCUT2D eigenvalue weighted by Gasteiger charge is 2.29. The van der Waals surface area contributed by atoms with E-state index in [1.165, 1.54) is 24.3 Å². The predicted molar refractivity (Wildman–Crippen MR) is 157 cm³/mol. The maximum Gasteiger partial charge on any atom is 0.303 e. The number of fused-ring (bicyclic) bond motifs is 1. The molecule has 0 spiro atoms. The van der Waals surface area contributed by atoms with Gasteiger partial charge in [-0.1, -0.05) is 6.07 Å². The number of amides is 2. The Kier molecular flexibility index (Phi) is 9.21. The van der Waals surface area contributed by atoms with Gasteiger partial charge in [0, 0.05) is 36.5 Å². The van der Waals surface area contributed by atoms with E-state index in [1.54, 1.807) is 0 Å². The Hall–Kier alpha value is -3.79. The number of nitrogens with one attached hydrogen (secondary N) is 2. The van der Waals surface area contributed by atoms with Crippen LogP contribution in [0, 0.1) is 17.7 Å². The smallest absolute Gasteiger partial charge is 0.303 e. The number of halogens is 1. The van der Waals surface area contributed by atoms with Gasteiger partial charge >= 0.3 is 5.97 Å². The van der Waals surface area contributed by atoms with Crippen molar-refractivity contribution in [3.63, 3.8) is 0 Å². The number of aromatic amines is 1. The first-order valence-corrected chi connectivity index (χ1v) is 15.0. The second kappa shape index (κ2) is 13.0. The molecule has 1 aliphatic heterocycles. The van der Waals surface area contributed by atoms with Crippen LogP contribution in [-0.4, -0.2) is 56.5 Å². The van der Waals surface area contributed by atoms with Crippen LogP contribution in [0.1, 0.15) is 80.8 Å². The van der Waals surface area contributed by atoms with Crippen molar-refractivity contribution >= 4 is 28.8 Å². The largest absolute Gasteiger partial charge is 0.481 e. The van der Waals surface area contributed by atoms with Gasteiger partial charge in [0.25, 0.3) is 5.91 Å². The number of carbonyl (C=O) groups is 3. The van der Waals surface area contributed by atoms with Crippen LogP contribution in [0.2, 0.25) is 0 Å². The van der Waals surface area contributed by atoms with Crippen LogP contribution in [0.25, 0.3) is 11.0 Å². The molecule has 3 aromatic rings. The first-order chi connectivity index (χ1) is 20.2. The summed E-state index contributed by atoms with van der Waals surface area (Å²) in [6.45, 7) is 6.40. The van der Waals surface area contributed by atoms with Crippen molar-refractivity contribution < 1.29 is 23.9 Å². The van der Waals surface area contributed by atoms with Crippen molar-refractivity contribution in [3.05, 3.63) is 65.0 Å². The summed E-state index contributed by atoms with van der Waals surface area (Å²) in [5.74, 6) is -1.30. The molecule has 2 aliphatic rings. The van der Waals surface area contributed by atoms with Crippen molar-refractivity contribution in [2.24, 2.45) is 16.8 Å². The number of benzene rings is 2. The number of aliphatic carboxylic acids is 1. The number of hydrogen-bond acceptors (Lipinski definition) is 4. The van der Waals surface area contributed by atoms with E-state index in [-0.39, 0.29) is 36.2 Å². The van der Waals surface area contributed by atoms with E-state index in [4.69, 9.17) is 5.11 Å². The Labute approximate surface area is 244 Å². The highest BCUT2D eigenvalue weighted by molar-refractivity contribution is 5.95. The zero-order valence-electron chi connectivity index (χ0n) is 24.3. The molecule has 0 bridgehead atoms. The summed E-state index contributed by atoms with van der Waals surface area (Å²) >= 11 is 0. The van der Waals surface area contributed by atoms with Gasteiger partial charge in [-0.2, -0.15) is 4.99 Å². The first kappa shape index (κ1) is 29.7. The van der Waals surface area contributed by atoms with Gasteiger partial charge in [0.1, 0.15) is 5.82 Å². The standard InChI is InChI=1S/C32H40FN5O4/c1-20(2)34-30(41)24-6-10-26(11-7-24)38-28-17-22(19-37-15-13-21(14-16-37)18-29(39)40)3-12-27(28)35-32(38)36-31(42)23-4-8-25(33)9-5-23/h3-5,8-9,12,17,20-21,24,26H,6-7,10-11,13-16,18-19H2,1-2H3,(H,34,41)(H,39,40)(H,35,36,42)/t24-,26+. The van der Waals surface area contributed by atoms with Crippen LogP contribution in [0.5, 0.6) is 0 Å². The normalized spacial score (nSPS) is 20.7. The Morgan fingerprint density at radius 3 is 2.36 bits per heavy atom. The molecule has 3 N–H and O–H groups in total. The zero-order valence-corrected chi connectivity index (χ0v) is 24.3. The quantitative estimate of drug-likeness (QED) is 0.356. The lowest BCUT2D eigenvalue weighted by molar-refractivity contribution is -0.138. The number of hydrogen-bond donors (Lipinski definition) is 3. The summed E-state index contributed by atoms with van der Waals surface area (Å²) in [5, 5.41) is 12.2. The molecule has 2 amide bonds. The Balaban J connectivity index is 1.42. The molecule has 1 saturated heterocycles. The molecule has 42 heavy (non-hydrogen) atoms. The SMILES string of the molecule is CC(C)NC(=O)[C@H]1CC[C@@H](n2/c(=N/C(=O)c3ccc(F)cc3)[nH]c3ccc(CN4CCC(CC(=O)O)CC4)cc32)CC1. The molecule has 0 unspecified atom stereocenters. The number of H-pyrrole nitrogens is 1. The van der Waals surface area contributed by atoms with E-state index in [9.17, 15) is 18.8 Å². The summed E-state index contributed by atoms with van der Waals surface area (Å²) in [6.07, 6.45) is 5.04. The number of piperidine rings is 1. The molecule has 2 aromatic carbocycles. The summed E-state index contributed by atoms with van der Waals surface area (Å²) in [4.78, 5) is 47.0. The van der Waals surface area contributed by atoms with Gasteiger partial charge in [-0.3, -0.25) is 19.3 Å². The molecule has 2 fully saturated rings. The highest BCUT2D eigenvalue weighted by Crippen LogP contribution is 2.34. The van der Waals surface area contributed by atoms with Crippen molar-refractivity contribution in [2.45, 2.75) is 77.4 Å². The van der Waals surface area contributed by atoms with Crippen molar-refractivity contribution in [3.8, 4) is 0 Å². The van der Waals surface area contributed by atoms with Gasteiger partial charge < -0.3 is 20.0 Å². The fourth-order valence-electron chi connectivity index (χ4n) is 6.33. The van der Waals surface area contributed by atoms with Crippen LogP contribution in [0.3, 0.4) is 0 Å². The third kappa shape index (κ3) is 7.15. The monoisotopic (exact) mass is 577 g/mol. The molecule has 2 heterocycles. The molecule has 10 heteroatoms. The lowest BCUT2D eigenvalue weighted by atomic mass is 9.85. The van der Waals surface area contributed by atoms with E-state index < -0.39 is 17.7 Å². The molecular formula is C32H40FN5O4. The molecule has 0 radical (unpaired) electrons. The van der Waals surface area contributed by atoms with E-state index in [0.717, 1.165) is 74.8 Å². The fraction of sp³-hybridized carbons (Fsp3) is 0.500. The molecule has 5 rings (SSSR count). The van der Waals surface area contributed by atoms with Crippen molar-refractivity contribution in [1.29, 1.82) is 0 Å². The first-order valence-electron chi connectivity index (χ1n) is 15.0. The number of rotatable bonds is 8. The Morgan fingerprint density at radius 2 is 1.71 bits per heavy atom. The lowest BCUT2D eigenvalue weighted by Crippen LogP contribution is -2.38. The third-order valence-electron chi connectivity index (χ3n) is 8.54. The number of carboxylic acids is 1. The molecule has 9 nitrogen and oxygen atoms in total. The average Bonchev–Trinajstić information content (AvgIpc) is 3.30. The maximum atomic E-state index is 13.4. The summed E-state index contributed by atoms with van der Waals surface area (Å²) in [5.41, 5.74) is 3.70. The van der Waals surface area contributed by atoms with E-state index >= 15 is 0 Å². The summed E-state index contributed by atoms with van der Waals surface area (Å²) in [6, 6.07) is 11.8. The predicted octanol–water partition coefficient (Wildman–Crippen LogP) is 4.79. The van der Waals surface area contributed by atoms with Crippen molar-refractivity contribution in [1.82, 2.24) is 19.8 Å². The molecule has 1 aromatic heterocycles. The van der Waals surface area contributed by atoms with Crippen LogP contribution in [0.4, 0.5) is 4.39 Å². The Morgan fingerprint density at radius 1 is 1.02 bits per heavy atom. The Bertz CT molecular complexity index is 1490. The van der Waals surface area contributed by atoms with Gasteiger partial charge in [0.05, 0.1) is 11.0 Å². The number of nitrogens with zero attached hydrogens (tertiary/aromatic N) is 3. The van der Waals surface area contributed by atoms with E-state index in [2.05, 4.69) is 36.9 Å². The number of aromatic nitrogens is 2. The molecule has 1 saturated carbocycles. The van der Waals surface area contributed by atoms with E-state index in [0.29, 0.717) is 11.2 Å². The second-order valence-electron chi connectivity index (χ2n) is 12.1. The van der Waals surface area contributed by atoms with Crippen LogP contribution in [-0.2, 0) is 16.1 Å². The minimum Gasteiger partial charge on any atom is -0.481 e. The topological polar surface area (TPSA) is 120 Å². The maximum absolute atomic E-state index is 13.4. The average molecular weight is 578 g/mol. The van der Waals surface area contributed by atoms with E-state index in [1.807, 2.05) is 19.9 Å². The third-order valence-corrected chi connectivity index (χ3v) is 8.54.